The predicted molar refractivity (Wildman–Crippen MR) is 125 cm³/mol. The molecule has 8 heteroatoms. The van der Waals surface area contributed by atoms with Crippen LogP contribution < -0.4 is 9.47 Å². The van der Waals surface area contributed by atoms with E-state index in [1.807, 2.05) is 13.8 Å². The van der Waals surface area contributed by atoms with Crippen molar-refractivity contribution < 1.29 is 33.3 Å². The molecule has 1 aliphatic heterocycles. The van der Waals surface area contributed by atoms with Crippen molar-refractivity contribution in [2.24, 2.45) is 0 Å². The first-order valence-corrected chi connectivity index (χ1v) is 11.0. The number of fused-ring (bicyclic) bond motifs is 1. The third-order valence-electron chi connectivity index (χ3n) is 5.71. The van der Waals surface area contributed by atoms with Crippen molar-refractivity contribution in [3.63, 3.8) is 0 Å². The highest BCUT2D eigenvalue weighted by molar-refractivity contribution is 6.16. The second-order valence-electron chi connectivity index (χ2n) is 8.17. The average molecular weight is 466 g/mol. The molecule has 8 nitrogen and oxygen atoms in total. The molecule has 1 unspecified atom stereocenters. The topological polar surface area (TPSA) is 98.4 Å². The number of hydrogen-bond donors (Lipinski definition) is 1. The van der Waals surface area contributed by atoms with E-state index in [0.717, 1.165) is 0 Å². The van der Waals surface area contributed by atoms with E-state index < -0.39 is 23.5 Å². The highest BCUT2D eigenvalue weighted by Gasteiger charge is 2.44. The van der Waals surface area contributed by atoms with E-state index in [1.165, 1.54) is 12.0 Å². The zero-order chi connectivity index (χ0) is 24.4. The van der Waals surface area contributed by atoms with Gasteiger partial charge in [-0.3, -0.25) is 9.59 Å². The molecule has 1 aromatic heterocycles. The molecule has 1 aliphatic rings. The zero-order valence-electron chi connectivity index (χ0n) is 19.5. The van der Waals surface area contributed by atoms with E-state index in [1.54, 1.807) is 55.6 Å². The Balaban J connectivity index is 1.76. The smallest absolute Gasteiger partial charge is 0.290 e. The summed E-state index contributed by atoms with van der Waals surface area (Å²) in [7, 11) is 3.07. The number of aliphatic hydroxyl groups excluding tert-OH is 1. The van der Waals surface area contributed by atoms with Crippen LogP contribution in [0, 0.1) is 0 Å². The Kier molecular flexibility index (Phi) is 6.61. The molecule has 2 aromatic carbocycles. The molecule has 178 valence electrons. The highest BCUT2D eigenvalue weighted by atomic mass is 16.5. The summed E-state index contributed by atoms with van der Waals surface area (Å²) < 4.78 is 22.0. The molecule has 4 rings (SSSR count). The number of hydrogen-bond acceptors (Lipinski definition) is 7. The number of furan rings is 1. The number of para-hydroxylation sites is 1. The van der Waals surface area contributed by atoms with Gasteiger partial charge >= 0.3 is 0 Å². The maximum absolute atomic E-state index is 13.6. The quantitative estimate of drug-likeness (QED) is 0.466. The van der Waals surface area contributed by atoms with Gasteiger partial charge in [-0.25, -0.2) is 0 Å². The first-order valence-electron chi connectivity index (χ1n) is 11.0. The average Bonchev–Trinajstić information content (AvgIpc) is 3.38. The van der Waals surface area contributed by atoms with Gasteiger partial charge in [0, 0.05) is 11.9 Å². The first kappa shape index (κ1) is 23.4. The normalized spacial score (nSPS) is 16.1. The van der Waals surface area contributed by atoms with Gasteiger partial charge in [0.05, 0.1) is 38.5 Å². The largest absolute Gasteiger partial charge is 0.503 e. The number of Topliss-reactive ketones (excluding diaryl/α,β-unsaturated/α-hetero) is 1. The van der Waals surface area contributed by atoms with Gasteiger partial charge in [0.1, 0.15) is 5.75 Å². The van der Waals surface area contributed by atoms with Crippen molar-refractivity contribution in [3.8, 4) is 11.5 Å². The summed E-state index contributed by atoms with van der Waals surface area (Å²) in [4.78, 5) is 28.1. The Hall–Kier alpha value is -3.78. The molecular weight excluding hydrogens is 438 g/mol. The maximum atomic E-state index is 13.6. The van der Waals surface area contributed by atoms with Crippen LogP contribution in [0.4, 0.5) is 0 Å². The van der Waals surface area contributed by atoms with Crippen molar-refractivity contribution in [3.05, 3.63) is 71.2 Å². The number of benzene rings is 2. The second kappa shape index (κ2) is 9.61. The van der Waals surface area contributed by atoms with Crippen LogP contribution in [-0.4, -0.2) is 55.2 Å². The first-order chi connectivity index (χ1) is 16.3. The molecule has 0 spiro atoms. The number of ether oxygens (including phenoxy) is 3. The number of carbonyl (C=O) groups excluding carboxylic acids is 2. The lowest BCUT2D eigenvalue weighted by Crippen LogP contribution is -2.34. The molecule has 0 radical (unpaired) electrons. The maximum Gasteiger partial charge on any atom is 0.290 e. The van der Waals surface area contributed by atoms with E-state index in [4.69, 9.17) is 18.6 Å². The van der Waals surface area contributed by atoms with Gasteiger partial charge in [-0.05, 0) is 43.7 Å². The number of carbonyl (C=O) groups is 2. The van der Waals surface area contributed by atoms with E-state index in [-0.39, 0.29) is 30.6 Å². The molecule has 34 heavy (non-hydrogen) atoms. The van der Waals surface area contributed by atoms with E-state index in [9.17, 15) is 14.7 Å². The molecule has 0 saturated carbocycles. The number of methoxy groups -OCH3 is 2. The van der Waals surface area contributed by atoms with Gasteiger partial charge in [-0.1, -0.05) is 24.3 Å². The number of aliphatic hydroxyl groups is 1. The molecule has 2 heterocycles. The second-order valence-corrected chi connectivity index (χ2v) is 8.17. The summed E-state index contributed by atoms with van der Waals surface area (Å²) in [6, 6.07) is 13.1. The molecule has 1 N–H and O–H groups in total. The minimum absolute atomic E-state index is 0.00708. The lowest BCUT2D eigenvalue weighted by molar-refractivity contribution is -0.130. The number of amides is 1. The Morgan fingerprint density at radius 1 is 1.12 bits per heavy atom. The third kappa shape index (κ3) is 4.24. The standard InChI is InChI=1S/C26H27NO7/c1-15(2)33-13-12-27-22(16-8-10-18(31-3)11-9-16)21(24(29)26(27)30)23(28)20-14-17-6-5-7-19(32-4)25(17)34-20/h5-11,14-15,22,29H,12-13H2,1-4H3. The Bertz CT molecular complexity index is 1240. The fraction of sp³-hybridized carbons (Fsp3) is 0.308. The van der Waals surface area contributed by atoms with E-state index in [2.05, 4.69) is 0 Å². The minimum Gasteiger partial charge on any atom is -0.503 e. The Labute approximate surface area is 197 Å². The molecule has 0 bridgehead atoms. The van der Waals surface area contributed by atoms with Crippen LogP contribution >= 0.6 is 0 Å². The molecule has 1 amide bonds. The van der Waals surface area contributed by atoms with Crippen molar-refractivity contribution in [1.82, 2.24) is 4.90 Å². The van der Waals surface area contributed by atoms with Crippen molar-refractivity contribution >= 4 is 22.7 Å². The van der Waals surface area contributed by atoms with Gasteiger partial charge in [-0.2, -0.15) is 0 Å². The number of nitrogens with zero attached hydrogens (tertiary/aromatic N) is 1. The Morgan fingerprint density at radius 3 is 2.50 bits per heavy atom. The number of rotatable bonds is 9. The number of ketones is 1. The van der Waals surface area contributed by atoms with Gasteiger partial charge in [0.2, 0.25) is 5.78 Å². The SMILES string of the molecule is COc1ccc(C2C(C(=O)c3cc4cccc(OC)c4o3)=C(O)C(=O)N2CCOC(C)C)cc1. The lowest BCUT2D eigenvalue weighted by Gasteiger charge is -2.27. The molecule has 0 saturated heterocycles. The lowest BCUT2D eigenvalue weighted by atomic mass is 9.95. The van der Waals surface area contributed by atoms with Gasteiger partial charge in [0.15, 0.2) is 22.9 Å². The third-order valence-corrected chi connectivity index (χ3v) is 5.71. The van der Waals surface area contributed by atoms with Crippen LogP contribution in [0.5, 0.6) is 11.5 Å². The highest BCUT2D eigenvalue weighted by Crippen LogP contribution is 2.40. The van der Waals surface area contributed by atoms with Gasteiger partial charge in [-0.15, -0.1) is 0 Å². The van der Waals surface area contributed by atoms with Crippen LogP contribution in [0.25, 0.3) is 11.0 Å². The Morgan fingerprint density at radius 2 is 1.85 bits per heavy atom. The summed E-state index contributed by atoms with van der Waals surface area (Å²) in [6.07, 6.45) is -0.0228. The summed E-state index contributed by atoms with van der Waals surface area (Å²) in [5, 5.41) is 11.5. The monoisotopic (exact) mass is 465 g/mol. The predicted octanol–water partition coefficient (Wildman–Crippen LogP) is 4.45. The molecular formula is C26H27NO7. The van der Waals surface area contributed by atoms with Crippen molar-refractivity contribution in [1.29, 1.82) is 0 Å². The van der Waals surface area contributed by atoms with Crippen molar-refractivity contribution in [2.75, 3.05) is 27.4 Å². The van der Waals surface area contributed by atoms with Crippen LogP contribution in [0.2, 0.25) is 0 Å². The fourth-order valence-corrected chi connectivity index (χ4v) is 4.08. The van der Waals surface area contributed by atoms with Crippen LogP contribution in [0.1, 0.15) is 36.0 Å². The van der Waals surface area contributed by atoms with Crippen LogP contribution in [0.15, 0.2) is 64.3 Å². The van der Waals surface area contributed by atoms with Gasteiger partial charge in [0.25, 0.3) is 5.91 Å². The van der Waals surface area contributed by atoms with Crippen LogP contribution in [-0.2, 0) is 9.53 Å². The molecule has 0 fully saturated rings. The van der Waals surface area contributed by atoms with Crippen molar-refractivity contribution in [2.45, 2.75) is 26.0 Å². The molecule has 1 atom stereocenters. The van der Waals surface area contributed by atoms with Crippen LogP contribution in [0.3, 0.4) is 0 Å². The summed E-state index contributed by atoms with van der Waals surface area (Å²) in [6.45, 7) is 4.25. The summed E-state index contributed by atoms with van der Waals surface area (Å²) >= 11 is 0. The van der Waals surface area contributed by atoms with E-state index >= 15 is 0 Å². The fourth-order valence-electron chi connectivity index (χ4n) is 4.08. The van der Waals surface area contributed by atoms with E-state index in [0.29, 0.717) is 28.0 Å². The minimum atomic E-state index is -0.809. The molecule has 0 aliphatic carbocycles. The van der Waals surface area contributed by atoms with Gasteiger partial charge < -0.3 is 28.6 Å². The zero-order valence-corrected chi connectivity index (χ0v) is 19.5. The summed E-state index contributed by atoms with van der Waals surface area (Å²) in [5.74, 6) is -0.678. The molecule has 3 aromatic rings. The summed E-state index contributed by atoms with van der Waals surface area (Å²) in [5.41, 5.74) is 1.03.